The van der Waals surface area contributed by atoms with Gasteiger partial charge in [0.05, 0.1) is 27.0 Å². The van der Waals surface area contributed by atoms with Crippen LogP contribution in [-0.2, 0) is 9.63 Å². The highest BCUT2D eigenvalue weighted by Gasteiger charge is 2.31. The summed E-state index contributed by atoms with van der Waals surface area (Å²) in [7, 11) is 4.68. The second-order valence-electron chi connectivity index (χ2n) is 6.24. The normalized spacial score (nSPS) is 20.0. The Morgan fingerprint density at radius 2 is 1.76 bits per heavy atom. The van der Waals surface area contributed by atoms with Gasteiger partial charge in [0.15, 0.2) is 11.5 Å². The molecular formula is C18H24N2O5. The summed E-state index contributed by atoms with van der Waals surface area (Å²) in [6.45, 7) is 0. The molecule has 7 nitrogen and oxygen atoms in total. The van der Waals surface area contributed by atoms with Crippen LogP contribution >= 0.6 is 0 Å². The van der Waals surface area contributed by atoms with Crippen molar-refractivity contribution < 1.29 is 23.8 Å². The molecule has 1 heterocycles. The second kappa shape index (κ2) is 7.63. The minimum atomic E-state index is -0.588. The van der Waals surface area contributed by atoms with Crippen LogP contribution in [-0.4, -0.2) is 45.1 Å². The summed E-state index contributed by atoms with van der Waals surface area (Å²) in [5, 5.41) is 7.14. The van der Waals surface area contributed by atoms with E-state index in [9.17, 15) is 4.79 Å². The molecule has 2 aliphatic rings. The molecule has 7 heteroatoms. The highest BCUT2D eigenvalue weighted by molar-refractivity contribution is 6.04. The highest BCUT2D eigenvalue weighted by atomic mass is 16.6. The smallest absolute Gasteiger partial charge is 0.264 e. The molecule has 0 aromatic heterocycles. The van der Waals surface area contributed by atoms with Crippen molar-refractivity contribution in [3.63, 3.8) is 0 Å². The molecule has 1 aliphatic carbocycles. The predicted molar refractivity (Wildman–Crippen MR) is 92.5 cm³/mol. The fraction of sp³-hybridized carbons (Fsp3) is 0.556. The van der Waals surface area contributed by atoms with Crippen LogP contribution in [0.2, 0.25) is 0 Å². The van der Waals surface area contributed by atoms with Gasteiger partial charge >= 0.3 is 0 Å². The standard InChI is InChI=1S/C18H24N2O5/c1-22-14-8-11(9-15(23-2)17(14)24-3)13-10-16(25-20-13)18(21)19-12-6-4-5-7-12/h8-9,12,16H,4-7,10H2,1-3H3,(H,19,21)/t16-/m1/s1. The van der Waals surface area contributed by atoms with Crippen LogP contribution in [0, 0.1) is 0 Å². The first-order valence-electron chi connectivity index (χ1n) is 8.49. The molecule has 0 unspecified atom stereocenters. The first-order chi connectivity index (χ1) is 12.2. The number of methoxy groups -OCH3 is 3. The van der Waals surface area contributed by atoms with Crippen LogP contribution in [0.25, 0.3) is 0 Å². The van der Waals surface area contributed by atoms with Gasteiger partial charge in [0.1, 0.15) is 0 Å². The highest BCUT2D eigenvalue weighted by Crippen LogP contribution is 2.39. The lowest BCUT2D eigenvalue weighted by Gasteiger charge is -2.15. The van der Waals surface area contributed by atoms with Gasteiger partial charge in [-0.15, -0.1) is 0 Å². The molecule has 0 bridgehead atoms. The molecule has 1 fully saturated rings. The quantitative estimate of drug-likeness (QED) is 0.853. The summed E-state index contributed by atoms with van der Waals surface area (Å²) in [4.78, 5) is 17.7. The number of carbonyl (C=O) groups excluding carboxylic acids is 1. The number of rotatable bonds is 6. The van der Waals surface area contributed by atoms with Gasteiger partial charge in [0.2, 0.25) is 11.9 Å². The van der Waals surface area contributed by atoms with Gasteiger partial charge in [0, 0.05) is 18.0 Å². The third kappa shape index (κ3) is 3.65. The molecular weight excluding hydrogens is 324 g/mol. The van der Waals surface area contributed by atoms with E-state index in [0.29, 0.717) is 29.4 Å². The number of oxime groups is 1. The molecule has 1 saturated carbocycles. The Morgan fingerprint density at radius 3 is 2.32 bits per heavy atom. The first-order valence-corrected chi connectivity index (χ1v) is 8.49. The molecule has 1 aromatic rings. The van der Waals surface area contributed by atoms with Crippen molar-refractivity contribution in [2.24, 2.45) is 5.16 Å². The predicted octanol–water partition coefficient (Wildman–Crippen LogP) is 2.26. The fourth-order valence-corrected chi connectivity index (χ4v) is 3.30. The average Bonchev–Trinajstić information content (AvgIpc) is 3.32. The minimum Gasteiger partial charge on any atom is -0.493 e. The topological polar surface area (TPSA) is 78.4 Å². The van der Waals surface area contributed by atoms with Crippen molar-refractivity contribution in [3.05, 3.63) is 17.7 Å². The van der Waals surface area contributed by atoms with Crippen LogP contribution in [0.15, 0.2) is 17.3 Å². The largest absolute Gasteiger partial charge is 0.493 e. The molecule has 3 rings (SSSR count). The molecule has 0 spiro atoms. The lowest BCUT2D eigenvalue weighted by Crippen LogP contribution is -2.40. The van der Waals surface area contributed by atoms with E-state index in [0.717, 1.165) is 18.4 Å². The number of hydrogen-bond acceptors (Lipinski definition) is 6. The maximum atomic E-state index is 12.3. The average molecular weight is 348 g/mol. The summed E-state index contributed by atoms with van der Waals surface area (Å²) < 4.78 is 16.0. The van der Waals surface area contributed by atoms with Crippen molar-refractivity contribution >= 4 is 11.6 Å². The van der Waals surface area contributed by atoms with E-state index in [1.54, 1.807) is 33.5 Å². The Bertz CT molecular complexity index is 642. The van der Waals surface area contributed by atoms with Gasteiger partial charge in [-0.2, -0.15) is 0 Å². The van der Waals surface area contributed by atoms with E-state index in [1.165, 1.54) is 12.8 Å². The maximum Gasteiger partial charge on any atom is 0.264 e. The molecule has 25 heavy (non-hydrogen) atoms. The van der Waals surface area contributed by atoms with E-state index in [2.05, 4.69) is 10.5 Å². The summed E-state index contributed by atoms with van der Waals surface area (Å²) in [5.74, 6) is 1.50. The first kappa shape index (κ1) is 17.4. The van der Waals surface area contributed by atoms with Crippen molar-refractivity contribution in [1.82, 2.24) is 5.32 Å². The lowest BCUT2D eigenvalue weighted by atomic mass is 10.0. The lowest BCUT2D eigenvalue weighted by molar-refractivity contribution is -0.131. The van der Waals surface area contributed by atoms with Crippen molar-refractivity contribution in [2.75, 3.05) is 21.3 Å². The summed E-state index contributed by atoms with van der Waals surface area (Å²) >= 11 is 0. The van der Waals surface area contributed by atoms with Gasteiger partial charge in [-0.1, -0.05) is 18.0 Å². The SMILES string of the molecule is COc1cc(C2=NO[C@@H](C(=O)NC3CCCC3)C2)cc(OC)c1OC. The molecule has 1 atom stereocenters. The third-order valence-electron chi connectivity index (χ3n) is 4.66. The molecule has 136 valence electrons. The number of amides is 1. The molecule has 1 N–H and O–H groups in total. The Morgan fingerprint density at radius 1 is 1.12 bits per heavy atom. The maximum absolute atomic E-state index is 12.3. The minimum absolute atomic E-state index is 0.0990. The van der Waals surface area contributed by atoms with Crippen molar-refractivity contribution in [1.29, 1.82) is 0 Å². The zero-order valence-corrected chi connectivity index (χ0v) is 14.8. The third-order valence-corrected chi connectivity index (χ3v) is 4.66. The molecule has 1 aliphatic heterocycles. The van der Waals surface area contributed by atoms with E-state index in [-0.39, 0.29) is 11.9 Å². The van der Waals surface area contributed by atoms with E-state index < -0.39 is 6.10 Å². The van der Waals surface area contributed by atoms with E-state index in [1.807, 2.05) is 0 Å². The Labute approximate surface area is 147 Å². The number of nitrogens with zero attached hydrogens (tertiary/aromatic N) is 1. The summed E-state index contributed by atoms with van der Waals surface area (Å²) in [6, 6.07) is 3.88. The van der Waals surface area contributed by atoms with Crippen LogP contribution in [0.1, 0.15) is 37.7 Å². The van der Waals surface area contributed by atoms with Crippen LogP contribution in [0.4, 0.5) is 0 Å². The van der Waals surface area contributed by atoms with Gasteiger partial charge in [-0.3, -0.25) is 4.79 Å². The zero-order chi connectivity index (χ0) is 17.8. The van der Waals surface area contributed by atoms with Gasteiger partial charge < -0.3 is 24.4 Å². The molecule has 0 radical (unpaired) electrons. The van der Waals surface area contributed by atoms with Crippen LogP contribution in [0.5, 0.6) is 17.2 Å². The molecule has 1 amide bonds. The van der Waals surface area contributed by atoms with Gasteiger partial charge in [-0.25, -0.2) is 0 Å². The fourth-order valence-electron chi connectivity index (χ4n) is 3.30. The van der Waals surface area contributed by atoms with Crippen molar-refractivity contribution in [2.45, 2.75) is 44.2 Å². The van der Waals surface area contributed by atoms with Gasteiger partial charge in [0.25, 0.3) is 5.91 Å². The summed E-state index contributed by atoms with van der Waals surface area (Å²) in [5.41, 5.74) is 1.47. The number of benzene rings is 1. The van der Waals surface area contributed by atoms with E-state index >= 15 is 0 Å². The van der Waals surface area contributed by atoms with E-state index in [4.69, 9.17) is 19.0 Å². The second-order valence-corrected chi connectivity index (χ2v) is 6.24. The number of ether oxygens (including phenoxy) is 3. The Hall–Kier alpha value is -2.44. The number of nitrogens with one attached hydrogen (secondary N) is 1. The van der Waals surface area contributed by atoms with Gasteiger partial charge in [-0.05, 0) is 25.0 Å². The summed E-state index contributed by atoms with van der Waals surface area (Å²) in [6.07, 6.45) is 4.25. The van der Waals surface area contributed by atoms with Crippen molar-refractivity contribution in [3.8, 4) is 17.2 Å². The van der Waals surface area contributed by atoms with Crippen LogP contribution in [0.3, 0.4) is 0 Å². The Kier molecular flexibility index (Phi) is 5.31. The molecule has 1 aromatic carbocycles. The zero-order valence-electron chi connectivity index (χ0n) is 14.8. The Balaban J connectivity index is 1.71. The monoisotopic (exact) mass is 348 g/mol. The molecule has 0 saturated heterocycles. The van der Waals surface area contributed by atoms with Crippen LogP contribution < -0.4 is 19.5 Å². The number of carbonyl (C=O) groups is 1. The number of hydrogen-bond donors (Lipinski definition) is 1.